The molecule has 1 heteroatoms. The van der Waals surface area contributed by atoms with Crippen LogP contribution in [0.4, 0.5) is 0 Å². The molecule has 0 aromatic rings. The van der Waals surface area contributed by atoms with Crippen molar-refractivity contribution in [1.82, 2.24) is 0 Å². The first kappa shape index (κ1) is 10.2. The third-order valence-electron chi connectivity index (χ3n) is 1.07. The molecule has 60 valence electrons. The van der Waals surface area contributed by atoms with Crippen molar-refractivity contribution >= 4 is 11.6 Å². The Balaban J connectivity index is 4.22. The third-order valence-corrected chi connectivity index (χ3v) is 1.25. The lowest BCUT2D eigenvalue weighted by Crippen LogP contribution is -1.70. The van der Waals surface area contributed by atoms with E-state index in [0.29, 0.717) is 5.88 Å². The average Bonchev–Trinajstić information content (AvgIpc) is 2.01. The monoisotopic (exact) mass is 168 g/mol. The minimum atomic E-state index is 0.548. The van der Waals surface area contributed by atoms with Gasteiger partial charge in [0.25, 0.3) is 0 Å². The summed E-state index contributed by atoms with van der Waals surface area (Å²) < 4.78 is 0. The molecule has 0 radical (unpaired) electrons. The van der Waals surface area contributed by atoms with Crippen LogP contribution in [0.2, 0.25) is 0 Å². The van der Waals surface area contributed by atoms with Crippen molar-refractivity contribution in [3.05, 3.63) is 48.6 Å². The van der Waals surface area contributed by atoms with Gasteiger partial charge in [-0.1, -0.05) is 43.0 Å². The van der Waals surface area contributed by atoms with E-state index in [4.69, 9.17) is 11.6 Å². The zero-order valence-corrected chi connectivity index (χ0v) is 7.51. The van der Waals surface area contributed by atoms with Gasteiger partial charge in [0.05, 0.1) is 0 Å². The fourth-order valence-corrected chi connectivity index (χ4v) is 0.765. The SMILES string of the molecule is C=C/C=C(\C=C/C)/C=C/CCl. The lowest BCUT2D eigenvalue weighted by atomic mass is 10.2. The summed E-state index contributed by atoms with van der Waals surface area (Å²) in [6.45, 7) is 5.59. The van der Waals surface area contributed by atoms with Gasteiger partial charge in [-0.25, -0.2) is 0 Å². The first-order valence-corrected chi connectivity index (χ1v) is 4.06. The molecular formula is C10H13Cl. The maximum absolute atomic E-state index is 5.48. The Kier molecular flexibility index (Phi) is 6.86. The summed E-state index contributed by atoms with van der Waals surface area (Å²) in [5.41, 5.74) is 1.11. The zero-order valence-electron chi connectivity index (χ0n) is 6.76. The van der Waals surface area contributed by atoms with E-state index in [2.05, 4.69) is 6.58 Å². The summed E-state index contributed by atoms with van der Waals surface area (Å²) >= 11 is 5.48. The maximum atomic E-state index is 5.48. The highest BCUT2D eigenvalue weighted by molar-refractivity contribution is 6.18. The standard InChI is InChI=1S/C10H13Cl/c1-3-6-10(7-4-2)8-5-9-11/h3-8H,1,9H2,2H3/b7-4-,8-5+,10-6+. The first-order valence-electron chi connectivity index (χ1n) is 3.53. The van der Waals surface area contributed by atoms with Gasteiger partial charge >= 0.3 is 0 Å². The summed E-state index contributed by atoms with van der Waals surface area (Å²) in [5, 5.41) is 0. The summed E-state index contributed by atoms with van der Waals surface area (Å²) in [5.74, 6) is 0.548. The second-order valence-electron chi connectivity index (χ2n) is 1.96. The number of allylic oxidation sites excluding steroid dienone is 7. The summed E-state index contributed by atoms with van der Waals surface area (Å²) in [7, 11) is 0. The summed E-state index contributed by atoms with van der Waals surface area (Å²) in [4.78, 5) is 0. The normalized spacial score (nSPS) is 13.1. The Morgan fingerprint density at radius 2 is 2.18 bits per heavy atom. The molecule has 11 heavy (non-hydrogen) atoms. The van der Waals surface area contributed by atoms with Crippen molar-refractivity contribution in [3.63, 3.8) is 0 Å². The predicted octanol–water partition coefficient (Wildman–Crippen LogP) is 3.47. The Hall–Kier alpha value is -0.750. The predicted molar refractivity (Wildman–Crippen MR) is 53.0 cm³/mol. The van der Waals surface area contributed by atoms with Crippen LogP contribution < -0.4 is 0 Å². The van der Waals surface area contributed by atoms with Crippen LogP contribution in [0.15, 0.2) is 48.6 Å². The quantitative estimate of drug-likeness (QED) is 0.446. The smallest absolute Gasteiger partial charge is 0.0407 e. The molecule has 0 atom stereocenters. The van der Waals surface area contributed by atoms with Crippen LogP contribution in [-0.4, -0.2) is 5.88 Å². The van der Waals surface area contributed by atoms with Crippen LogP contribution >= 0.6 is 11.6 Å². The topological polar surface area (TPSA) is 0 Å². The molecule has 0 fully saturated rings. The van der Waals surface area contributed by atoms with Gasteiger partial charge in [0, 0.05) is 5.88 Å². The lowest BCUT2D eigenvalue weighted by molar-refractivity contribution is 1.60. The first-order chi connectivity index (χ1) is 5.35. The third kappa shape index (κ3) is 5.68. The second-order valence-corrected chi connectivity index (χ2v) is 2.27. The molecule has 0 aliphatic rings. The molecule has 0 amide bonds. The fraction of sp³-hybridized carbons (Fsp3) is 0.200. The molecule has 0 spiro atoms. The van der Waals surface area contributed by atoms with Crippen LogP contribution in [0.1, 0.15) is 6.92 Å². The van der Waals surface area contributed by atoms with E-state index in [-0.39, 0.29) is 0 Å². The molecule has 0 bridgehead atoms. The van der Waals surface area contributed by atoms with Gasteiger partial charge < -0.3 is 0 Å². The van der Waals surface area contributed by atoms with Crippen molar-refractivity contribution in [3.8, 4) is 0 Å². The largest absolute Gasteiger partial charge is 0.122 e. The molecule has 0 saturated heterocycles. The van der Waals surface area contributed by atoms with Crippen LogP contribution in [0.3, 0.4) is 0 Å². The minimum Gasteiger partial charge on any atom is -0.122 e. The van der Waals surface area contributed by atoms with E-state index in [1.54, 1.807) is 6.08 Å². The number of alkyl halides is 1. The van der Waals surface area contributed by atoms with Crippen LogP contribution in [-0.2, 0) is 0 Å². The van der Waals surface area contributed by atoms with Gasteiger partial charge in [0.15, 0.2) is 0 Å². The molecule has 0 aliphatic carbocycles. The molecule has 0 aromatic carbocycles. The van der Waals surface area contributed by atoms with E-state index < -0.39 is 0 Å². The van der Waals surface area contributed by atoms with Gasteiger partial charge in [0.2, 0.25) is 0 Å². The van der Waals surface area contributed by atoms with Crippen molar-refractivity contribution in [2.45, 2.75) is 6.92 Å². The lowest BCUT2D eigenvalue weighted by Gasteiger charge is -1.88. The van der Waals surface area contributed by atoms with Gasteiger partial charge in [-0.3, -0.25) is 0 Å². The van der Waals surface area contributed by atoms with Gasteiger partial charge in [-0.05, 0) is 12.5 Å². The van der Waals surface area contributed by atoms with Gasteiger partial charge in [0.1, 0.15) is 0 Å². The number of halogens is 1. The molecule has 0 aromatic heterocycles. The van der Waals surface area contributed by atoms with E-state index in [1.807, 2.05) is 37.3 Å². The molecule has 0 nitrogen and oxygen atoms in total. The molecule has 0 rings (SSSR count). The van der Waals surface area contributed by atoms with E-state index in [0.717, 1.165) is 5.57 Å². The average molecular weight is 169 g/mol. The van der Waals surface area contributed by atoms with Gasteiger partial charge in [-0.15, -0.1) is 11.6 Å². The summed E-state index contributed by atoms with van der Waals surface area (Å²) in [6.07, 6.45) is 11.5. The molecule has 0 N–H and O–H groups in total. The molecule has 0 unspecified atom stereocenters. The fourth-order valence-electron chi connectivity index (χ4n) is 0.676. The van der Waals surface area contributed by atoms with E-state index in [1.165, 1.54) is 0 Å². The van der Waals surface area contributed by atoms with Crippen molar-refractivity contribution in [2.24, 2.45) is 0 Å². The Morgan fingerprint density at radius 1 is 1.45 bits per heavy atom. The Morgan fingerprint density at radius 3 is 2.64 bits per heavy atom. The number of rotatable bonds is 4. The Labute approximate surface area is 73.6 Å². The van der Waals surface area contributed by atoms with Crippen molar-refractivity contribution in [2.75, 3.05) is 5.88 Å². The van der Waals surface area contributed by atoms with E-state index in [9.17, 15) is 0 Å². The Bertz CT molecular complexity index is 185. The number of hydrogen-bond donors (Lipinski definition) is 0. The minimum absolute atomic E-state index is 0.548. The molecule has 0 saturated carbocycles. The highest BCUT2D eigenvalue weighted by Gasteiger charge is 1.80. The highest BCUT2D eigenvalue weighted by atomic mass is 35.5. The molecular weight excluding hydrogens is 156 g/mol. The maximum Gasteiger partial charge on any atom is 0.0407 e. The second kappa shape index (κ2) is 7.36. The summed E-state index contributed by atoms with van der Waals surface area (Å²) in [6, 6.07) is 0. The zero-order chi connectivity index (χ0) is 8.53. The van der Waals surface area contributed by atoms with Gasteiger partial charge in [-0.2, -0.15) is 0 Å². The van der Waals surface area contributed by atoms with Crippen molar-refractivity contribution < 1.29 is 0 Å². The van der Waals surface area contributed by atoms with Crippen LogP contribution in [0.25, 0.3) is 0 Å². The van der Waals surface area contributed by atoms with Crippen LogP contribution in [0.5, 0.6) is 0 Å². The van der Waals surface area contributed by atoms with Crippen molar-refractivity contribution in [1.29, 1.82) is 0 Å². The van der Waals surface area contributed by atoms with Crippen LogP contribution in [0, 0.1) is 0 Å². The number of hydrogen-bond acceptors (Lipinski definition) is 0. The molecule has 0 aliphatic heterocycles. The highest BCUT2D eigenvalue weighted by Crippen LogP contribution is 1.99. The van der Waals surface area contributed by atoms with E-state index >= 15 is 0 Å². The molecule has 0 heterocycles.